The highest BCUT2D eigenvalue weighted by molar-refractivity contribution is 6.32. The van der Waals surface area contributed by atoms with Crippen molar-refractivity contribution in [1.82, 2.24) is 19.5 Å². The van der Waals surface area contributed by atoms with Crippen LogP contribution in [0.25, 0.3) is 28.1 Å². The quantitative estimate of drug-likeness (QED) is 0.390. The summed E-state index contributed by atoms with van der Waals surface area (Å²) in [5, 5.41) is 26.7. The molecule has 1 fully saturated rings. The summed E-state index contributed by atoms with van der Waals surface area (Å²) in [4.78, 5) is 8.91. The molecule has 9 heteroatoms. The van der Waals surface area contributed by atoms with E-state index in [2.05, 4.69) is 22.0 Å². The Morgan fingerprint density at radius 3 is 2.89 bits per heavy atom. The van der Waals surface area contributed by atoms with E-state index in [1.54, 1.807) is 29.8 Å². The smallest absolute Gasteiger partial charge is 0.279 e. The third kappa shape index (κ3) is 2.09. The lowest BCUT2D eigenvalue weighted by atomic mass is 10.1. The molecule has 5 rings (SSSR count). The van der Waals surface area contributed by atoms with E-state index in [0.29, 0.717) is 33.0 Å². The average molecular weight is 381 g/mol. The summed E-state index contributed by atoms with van der Waals surface area (Å²) < 4.78 is 7.89. The van der Waals surface area contributed by atoms with Crippen LogP contribution in [0.2, 0.25) is 5.02 Å². The fourth-order valence-electron chi connectivity index (χ4n) is 3.33. The molecule has 3 heterocycles. The number of imidazole rings is 1. The zero-order chi connectivity index (χ0) is 18.9. The van der Waals surface area contributed by atoms with Crippen molar-refractivity contribution >= 4 is 28.2 Å². The van der Waals surface area contributed by atoms with Crippen LogP contribution in [-0.2, 0) is 5.41 Å². The van der Waals surface area contributed by atoms with Gasteiger partial charge in [-0.3, -0.25) is 4.40 Å². The standard InChI is InChI=1S/C18H13ClN6O2/c1-9-14-13(16-22-17(23-27-16)18(2)5-6-18)21-8-24(14)12-4-3-11(19)10(7-20)15(12)25(9)26/h3-4,8H,5-6H2,1-2H3. The molecule has 1 aromatic carbocycles. The van der Waals surface area contributed by atoms with Crippen LogP contribution in [0.15, 0.2) is 23.0 Å². The monoisotopic (exact) mass is 380 g/mol. The second-order valence-corrected chi connectivity index (χ2v) is 7.48. The number of aryl methyl sites for hydroxylation is 1. The second-order valence-electron chi connectivity index (χ2n) is 7.08. The average Bonchev–Trinajstić information content (AvgIpc) is 3.09. The van der Waals surface area contributed by atoms with Crippen LogP contribution < -0.4 is 4.73 Å². The Balaban J connectivity index is 1.82. The minimum absolute atomic E-state index is 0.0318. The minimum atomic E-state index is -0.0318. The van der Waals surface area contributed by atoms with E-state index in [-0.39, 0.29) is 27.4 Å². The Labute approximate surface area is 158 Å². The Hall–Kier alpha value is -3.18. The van der Waals surface area contributed by atoms with E-state index < -0.39 is 0 Å². The fourth-order valence-corrected chi connectivity index (χ4v) is 3.53. The number of nitrogens with zero attached hydrogens (tertiary/aromatic N) is 6. The van der Waals surface area contributed by atoms with Gasteiger partial charge in [0.1, 0.15) is 29.0 Å². The van der Waals surface area contributed by atoms with Gasteiger partial charge in [-0.1, -0.05) is 23.7 Å². The normalized spacial score (nSPS) is 15.3. The summed E-state index contributed by atoms with van der Waals surface area (Å²) in [7, 11) is 0. The van der Waals surface area contributed by atoms with Gasteiger partial charge in [-0.2, -0.15) is 15.0 Å². The molecule has 0 atom stereocenters. The van der Waals surface area contributed by atoms with E-state index in [1.165, 1.54) is 0 Å². The van der Waals surface area contributed by atoms with Crippen molar-refractivity contribution in [2.75, 3.05) is 0 Å². The highest BCUT2D eigenvalue weighted by atomic mass is 35.5. The van der Waals surface area contributed by atoms with Crippen LogP contribution >= 0.6 is 11.6 Å². The van der Waals surface area contributed by atoms with Gasteiger partial charge in [0.15, 0.2) is 11.5 Å². The maximum atomic E-state index is 12.9. The van der Waals surface area contributed by atoms with Gasteiger partial charge in [0.05, 0.1) is 5.02 Å². The lowest BCUT2D eigenvalue weighted by molar-refractivity contribution is -0.583. The van der Waals surface area contributed by atoms with Crippen molar-refractivity contribution in [1.29, 1.82) is 5.26 Å². The molecule has 1 aliphatic carbocycles. The SMILES string of the molecule is Cc1c2c(-c3nc(C4(C)CC4)no3)ncn2c2ccc(Cl)c(C#N)c2[n+]1[O-]. The molecule has 134 valence electrons. The zero-order valence-corrected chi connectivity index (χ0v) is 15.3. The number of hydrogen-bond acceptors (Lipinski definition) is 6. The highest BCUT2D eigenvalue weighted by Crippen LogP contribution is 2.46. The first-order valence-electron chi connectivity index (χ1n) is 8.40. The Morgan fingerprint density at radius 2 is 2.19 bits per heavy atom. The third-order valence-corrected chi connectivity index (χ3v) is 5.58. The largest absolute Gasteiger partial charge is 0.618 e. The molecule has 8 nitrogen and oxygen atoms in total. The van der Waals surface area contributed by atoms with Gasteiger partial charge in [-0.15, -0.1) is 0 Å². The number of rotatable bonds is 2. The summed E-state index contributed by atoms with van der Waals surface area (Å²) in [5.74, 6) is 0.934. The number of nitriles is 1. The summed E-state index contributed by atoms with van der Waals surface area (Å²) in [6, 6.07) is 5.29. The van der Waals surface area contributed by atoms with Crippen molar-refractivity contribution in [2.24, 2.45) is 0 Å². The molecule has 0 N–H and O–H groups in total. The van der Waals surface area contributed by atoms with Gasteiger partial charge in [0, 0.05) is 12.3 Å². The second kappa shape index (κ2) is 5.18. The van der Waals surface area contributed by atoms with Crippen LogP contribution in [0.1, 0.15) is 36.8 Å². The molecule has 0 spiro atoms. The maximum Gasteiger partial charge on any atom is 0.279 e. The van der Waals surface area contributed by atoms with Crippen LogP contribution in [-0.4, -0.2) is 19.5 Å². The van der Waals surface area contributed by atoms with Gasteiger partial charge in [0.25, 0.3) is 11.4 Å². The molecular formula is C18H13ClN6O2. The molecule has 0 saturated heterocycles. The van der Waals surface area contributed by atoms with Gasteiger partial charge in [-0.05, 0) is 25.0 Å². The molecule has 1 saturated carbocycles. The fraction of sp³-hybridized carbons (Fsp3) is 0.278. The van der Waals surface area contributed by atoms with Gasteiger partial charge >= 0.3 is 0 Å². The van der Waals surface area contributed by atoms with Crippen molar-refractivity contribution in [2.45, 2.75) is 32.1 Å². The molecule has 3 aromatic heterocycles. The van der Waals surface area contributed by atoms with Crippen molar-refractivity contribution in [3.05, 3.63) is 45.8 Å². The number of fused-ring (bicyclic) bond motifs is 3. The molecular weight excluding hydrogens is 368 g/mol. The Morgan fingerprint density at radius 1 is 1.41 bits per heavy atom. The van der Waals surface area contributed by atoms with E-state index in [0.717, 1.165) is 12.8 Å². The third-order valence-electron chi connectivity index (χ3n) is 5.26. The van der Waals surface area contributed by atoms with Crippen LogP contribution in [0.3, 0.4) is 0 Å². The summed E-state index contributed by atoms with van der Waals surface area (Å²) in [6.07, 6.45) is 3.63. The zero-order valence-electron chi connectivity index (χ0n) is 14.5. The molecule has 1 aliphatic rings. The van der Waals surface area contributed by atoms with E-state index in [4.69, 9.17) is 16.1 Å². The molecule has 0 amide bonds. The first-order valence-corrected chi connectivity index (χ1v) is 8.78. The van der Waals surface area contributed by atoms with Crippen LogP contribution in [0.5, 0.6) is 0 Å². The van der Waals surface area contributed by atoms with E-state index in [9.17, 15) is 10.5 Å². The lowest BCUT2D eigenvalue weighted by Gasteiger charge is -2.10. The van der Waals surface area contributed by atoms with Crippen LogP contribution in [0.4, 0.5) is 0 Å². The minimum Gasteiger partial charge on any atom is -0.618 e. The summed E-state index contributed by atoms with van der Waals surface area (Å²) in [5.41, 5.74) is 2.19. The van der Waals surface area contributed by atoms with Gasteiger partial charge < -0.3 is 9.73 Å². The summed E-state index contributed by atoms with van der Waals surface area (Å²) >= 11 is 6.10. The molecule has 0 bridgehead atoms. The lowest BCUT2D eigenvalue weighted by Crippen LogP contribution is -2.33. The van der Waals surface area contributed by atoms with Crippen molar-refractivity contribution in [3.8, 4) is 17.7 Å². The summed E-state index contributed by atoms with van der Waals surface area (Å²) in [6.45, 7) is 3.75. The van der Waals surface area contributed by atoms with Crippen molar-refractivity contribution < 1.29 is 9.25 Å². The molecule has 0 aliphatic heterocycles. The Bertz CT molecular complexity index is 1300. The predicted molar refractivity (Wildman–Crippen MR) is 96.0 cm³/mol. The predicted octanol–water partition coefficient (Wildman–Crippen LogP) is 3.06. The number of halogens is 1. The maximum absolute atomic E-state index is 12.9. The topological polar surface area (TPSA) is 107 Å². The molecule has 27 heavy (non-hydrogen) atoms. The number of aromatic nitrogens is 5. The van der Waals surface area contributed by atoms with E-state index >= 15 is 0 Å². The highest BCUT2D eigenvalue weighted by Gasteiger charge is 2.44. The number of hydrogen-bond donors (Lipinski definition) is 0. The van der Waals surface area contributed by atoms with Gasteiger partial charge in [-0.25, -0.2) is 4.98 Å². The van der Waals surface area contributed by atoms with Crippen molar-refractivity contribution in [3.63, 3.8) is 0 Å². The van der Waals surface area contributed by atoms with E-state index in [1.807, 2.05) is 6.07 Å². The van der Waals surface area contributed by atoms with Gasteiger partial charge in [0.2, 0.25) is 5.69 Å². The number of benzene rings is 1. The molecule has 0 radical (unpaired) electrons. The Kier molecular flexibility index (Phi) is 3.07. The molecule has 4 aromatic rings. The van der Waals surface area contributed by atoms with Crippen LogP contribution in [0, 0.1) is 23.5 Å². The first kappa shape index (κ1) is 16.0. The molecule has 0 unspecified atom stereocenters. The first-order chi connectivity index (χ1) is 12.9.